The van der Waals surface area contributed by atoms with Gasteiger partial charge in [0.15, 0.2) is 0 Å². The molecule has 0 aliphatic carbocycles. The van der Waals surface area contributed by atoms with Crippen molar-refractivity contribution in [3.05, 3.63) is 59.7 Å². The Morgan fingerprint density at radius 3 is 2.33 bits per heavy atom. The number of benzene rings is 2. The van der Waals surface area contributed by atoms with Gasteiger partial charge in [-0.3, -0.25) is 4.79 Å². The molecule has 4 heteroatoms. The Hall–Kier alpha value is -2.80. The van der Waals surface area contributed by atoms with Crippen molar-refractivity contribution < 1.29 is 4.79 Å². The number of nitrogens with zero attached hydrogens (tertiary/aromatic N) is 2. The van der Waals surface area contributed by atoms with Crippen molar-refractivity contribution in [3.8, 4) is 6.07 Å². The third-order valence-electron chi connectivity index (χ3n) is 3.15. The number of carbonyl (C=O) groups excluding carboxylic acids is 1. The lowest BCUT2D eigenvalue weighted by Gasteiger charge is -2.19. The van der Waals surface area contributed by atoms with Gasteiger partial charge < -0.3 is 10.2 Å². The van der Waals surface area contributed by atoms with E-state index in [0.717, 1.165) is 5.69 Å². The number of likely N-dealkylation sites (N-methyl/N-ethyl adjacent to an activating group) is 1. The largest absolute Gasteiger partial charge is 0.365 e. The topological polar surface area (TPSA) is 56.1 Å². The molecule has 0 saturated heterocycles. The minimum absolute atomic E-state index is 0.0946. The molecule has 0 aromatic heterocycles. The van der Waals surface area contributed by atoms with E-state index >= 15 is 0 Å². The van der Waals surface area contributed by atoms with E-state index in [1.165, 1.54) is 5.56 Å². The molecule has 2 rings (SSSR count). The van der Waals surface area contributed by atoms with Crippen LogP contribution in [0, 0.1) is 18.3 Å². The maximum atomic E-state index is 12.0. The first kappa shape index (κ1) is 14.6. The number of anilines is 2. The van der Waals surface area contributed by atoms with E-state index in [9.17, 15) is 4.79 Å². The van der Waals surface area contributed by atoms with Gasteiger partial charge in [-0.1, -0.05) is 17.7 Å². The summed E-state index contributed by atoms with van der Waals surface area (Å²) in [5, 5.41) is 11.5. The molecule has 2 aromatic rings. The van der Waals surface area contributed by atoms with Gasteiger partial charge in [-0.15, -0.1) is 0 Å². The Kier molecular flexibility index (Phi) is 4.57. The Labute approximate surface area is 124 Å². The molecule has 0 fully saturated rings. The number of hydrogen-bond donors (Lipinski definition) is 1. The number of nitriles is 1. The van der Waals surface area contributed by atoms with Gasteiger partial charge >= 0.3 is 0 Å². The molecule has 1 N–H and O–H groups in total. The smallest absolute Gasteiger partial charge is 0.243 e. The molecule has 0 aliphatic rings. The van der Waals surface area contributed by atoms with Crippen LogP contribution < -0.4 is 10.2 Å². The van der Waals surface area contributed by atoms with E-state index in [4.69, 9.17) is 5.26 Å². The lowest BCUT2D eigenvalue weighted by atomic mass is 10.2. The lowest BCUT2D eigenvalue weighted by Crippen LogP contribution is -2.29. The van der Waals surface area contributed by atoms with Gasteiger partial charge in [0.25, 0.3) is 0 Å². The van der Waals surface area contributed by atoms with Crippen LogP contribution in [0.1, 0.15) is 11.1 Å². The van der Waals surface area contributed by atoms with Gasteiger partial charge in [-0.2, -0.15) is 5.26 Å². The molecule has 4 nitrogen and oxygen atoms in total. The molecule has 0 aliphatic heterocycles. The van der Waals surface area contributed by atoms with Crippen LogP contribution in [0.5, 0.6) is 0 Å². The van der Waals surface area contributed by atoms with Gasteiger partial charge in [0.2, 0.25) is 5.91 Å². The molecule has 0 atom stereocenters. The third kappa shape index (κ3) is 4.08. The molecular weight excluding hydrogens is 262 g/mol. The van der Waals surface area contributed by atoms with E-state index in [2.05, 4.69) is 5.32 Å². The van der Waals surface area contributed by atoms with Crippen molar-refractivity contribution in [2.24, 2.45) is 0 Å². The van der Waals surface area contributed by atoms with E-state index in [0.29, 0.717) is 11.3 Å². The minimum Gasteiger partial charge on any atom is -0.365 e. The van der Waals surface area contributed by atoms with E-state index < -0.39 is 0 Å². The first-order valence-corrected chi connectivity index (χ1v) is 6.66. The fraction of sp³-hybridized carbons (Fsp3) is 0.176. The Balaban J connectivity index is 1.94. The summed E-state index contributed by atoms with van der Waals surface area (Å²) >= 11 is 0. The van der Waals surface area contributed by atoms with Crippen LogP contribution in [0.3, 0.4) is 0 Å². The summed E-state index contributed by atoms with van der Waals surface area (Å²) in [4.78, 5) is 13.9. The predicted octanol–water partition coefficient (Wildman–Crippen LogP) is 2.94. The molecule has 1 amide bonds. The fourth-order valence-electron chi connectivity index (χ4n) is 1.93. The van der Waals surface area contributed by atoms with E-state index in [-0.39, 0.29) is 12.5 Å². The first-order valence-electron chi connectivity index (χ1n) is 6.66. The molecule has 0 radical (unpaired) electrons. The van der Waals surface area contributed by atoms with E-state index in [1.807, 2.05) is 49.2 Å². The summed E-state index contributed by atoms with van der Waals surface area (Å²) in [5.74, 6) is -0.0946. The molecule has 0 saturated carbocycles. The molecule has 0 spiro atoms. The predicted molar refractivity (Wildman–Crippen MR) is 84.2 cm³/mol. The van der Waals surface area contributed by atoms with Gasteiger partial charge in [-0.05, 0) is 43.3 Å². The van der Waals surface area contributed by atoms with Crippen molar-refractivity contribution in [2.75, 3.05) is 23.8 Å². The molecule has 0 bridgehead atoms. The summed E-state index contributed by atoms with van der Waals surface area (Å²) in [6.45, 7) is 2.30. The Morgan fingerprint density at radius 2 is 1.76 bits per heavy atom. The van der Waals surface area contributed by atoms with Gasteiger partial charge in [0, 0.05) is 18.4 Å². The second-order valence-corrected chi connectivity index (χ2v) is 4.93. The fourth-order valence-corrected chi connectivity index (χ4v) is 1.93. The second kappa shape index (κ2) is 6.58. The zero-order valence-electron chi connectivity index (χ0n) is 12.1. The number of amides is 1. The SMILES string of the molecule is Cc1ccc(N(C)CC(=O)Nc2ccc(C#N)cc2)cc1. The highest BCUT2D eigenvalue weighted by atomic mass is 16.2. The highest BCUT2D eigenvalue weighted by Crippen LogP contribution is 2.14. The molecule has 0 heterocycles. The summed E-state index contributed by atoms with van der Waals surface area (Å²) in [6.07, 6.45) is 0. The quantitative estimate of drug-likeness (QED) is 0.936. The van der Waals surface area contributed by atoms with Crippen molar-refractivity contribution in [1.29, 1.82) is 5.26 Å². The van der Waals surface area contributed by atoms with Crippen LogP contribution in [-0.4, -0.2) is 19.5 Å². The van der Waals surface area contributed by atoms with Crippen molar-refractivity contribution in [3.63, 3.8) is 0 Å². The molecule has 0 unspecified atom stereocenters. The summed E-state index contributed by atoms with van der Waals surface area (Å²) in [5.41, 5.74) is 3.45. The van der Waals surface area contributed by atoms with Gasteiger partial charge in [-0.25, -0.2) is 0 Å². The molecule has 2 aromatic carbocycles. The van der Waals surface area contributed by atoms with Crippen molar-refractivity contribution in [1.82, 2.24) is 0 Å². The molecular formula is C17H17N3O. The average Bonchev–Trinajstić information content (AvgIpc) is 2.48. The molecule has 21 heavy (non-hydrogen) atoms. The monoisotopic (exact) mass is 279 g/mol. The summed E-state index contributed by atoms with van der Waals surface area (Å²) < 4.78 is 0. The Morgan fingerprint density at radius 1 is 1.14 bits per heavy atom. The highest BCUT2D eigenvalue weighted by molar-refractivity contribution is 5.94. The second-order valence-electron chi connectivity index (χ2n) is 4.93. The zero-order chi connectivity index (χ0) is 15.2. The van der Waals surface area contributed by atoms with Crippen LogP contribution in [0.15, 0.2) is 48.5 Å². The highest BCUT2D eigenvalue weighted by Gasteiger charge is 2.07. The van der Waals surface area contributed by atoms with Crippen molar-refractivity contribution >= 4 is 17.3 Å². The van der Waals surface area contributed by atoms with Crippen molar-refractivity contribution in [2.45, 2.75) is 6.92 Å². The third-order valence-corrected chi connectivity index (χ3v) is 3.15. The van der Waals surface area contributed by atoms with Crippen LogP contribution >= 0.6 is 0 Å². The number of aryl methyl sites for hydroxylation is 1. The number of rotatable bonds is 4. The van der Waals surface area contributed by atoms with Crippen LogP contribution in [0.25, 0.3) is 0 Å². The first-order chi connectivity index (χ1) is 10.1. The summed E-state index contributed by atoms with van der Waals surface area (Å²) in [7, 11) is 1.88. The zero-order valence-corrected chi connectivity index (χ0v) is 12.1. The molecule has 106 valence electrons. The normalized spacial score (nSPS) is 9.76. The lowest BCUT2D eigenvalue weighted by molar-refractivity contribution is -0.114. The summed E-state index contributed by atoms with van der Waals surface area (Å²) in [6, 6.07) is 16.9. The van der Waals surface area contributed by atoms with Gasteiger partial charge in [0.1, 0.15) is 0 Å². The Bertz CT molecular complexity index is 654. The maximum absolute atomic E-state index is 12.0. The average molecular weight is 279 g/mol. The van der Waals surface area contributed by atoms with Crippen LogP contribution in [0.2, 0.25) is 0 Å². The number of hydrogen-bond acceptors (Lipinski definition) is 3. The number of nitrogens with one attached hydrogen (secondary N) is 1. The van der Waals surface area contributed by atoms with Gasteiger partial charge in [0.05, 0.1) is 18.2 Å². The number of carbonyl (C=O) groups is 1. The maximum Gasteiger partial charge on any atom is 0.243 e. The minimum atomic E-state index is -0.0946. The van der Waals surface area contributed by atoms with Crippen LogP contribution in [0.4, 0.5) is 11.4 Å². The van der Waals surface area contributed by atoms with E-state index in [1.54, 1.807) is 24.3 Å². The van der Waals surface area contributed by atoms with Crippen LogP contribution in [-0.2, 0) is 4.79 Å². The standard InChI is InChI=1S/C17H17N3O/c1-13-3-9-16(10-4-13)20(2)12-17(21)19-15-7-5-14(11-18)6-8-15/h3-10H,12H2,1-2H3,(H,19,21).